The minimum Gasteiger partial charge on any atom is -0.394 e. The summed E-state index contributed by atoms with van der Waals surface area (Å²) < 4.78 is 15.1. The normalized spacial score (nSPS) is 15.6. The van der Waals surface area contributed by atoms with Gasteiger partial charge in [-0.3, -0.25) is 9.36 Å². The first-order valence-corrected chi connectivity index (χ1v) is 10.9. The third kappa shape index (κ3) is 6.25. The highest BCUT2D eigenvalue weighted by Gasteiger charge is 2.19. The number of aliphatic hydroxyl groups is 2. The Bertz CT molecular complexity index is 794. The molecule has 0 aliphatic heterocycles. The molecule has 3 rings (SSSR count). The standard InChI is InChI=1S/C20H27FN4O3S/c21-15-5-7-16(8-6-15)25-18(23-24-20(25)29-13-17(27)12-26)9-10-22-19(28)11-14-3-1-2-4-14/h5-8,14,17,26-27H,1-4,9-13H2,(H,22,28). The second kappa shape index (κ2) is 10.7. The molecule has 158 valence electrons. The van der Waals surface area contributed by atoms with E-state index in [4.69, 9.17) is 5.11 Å². The van der Waals surface area contributed by atoms with Crippen molar-refractivity contribution < 1.29 is 19.4 Å². The number of nitrogens with one attached hydrogen (secondary N) is 1. The zero-order chi connectivity index (χ0) is 20.6. The fourth-order valence-electron chi connectivity index (χ4n) is 3.49. The van der Waals surface area contributed by atoms with Crippen molar-refractivity contribution in [2.24, 2.45) is 5.92 Å². The van der Waals surface area contributed by atoms with E-state index in [0.717, 1.165) is 12.8 Å². The van der Waals surface area contributed by atoms with E-state index in [1.54, 1.807) is 16.7 Å². The lowest BCUT2D eigenvalue weighted by molar-refractivity contribution is -0.121. The molecule has 1 aromatic carbocycles. The molecular weight excluding hydrogens is 395 g/mol. The summed E-state index contributed by atoms with van der Waals surface area (Å²) in [5.41, 5.74) is 0.699. The number of carbonyl (C=O) groups excluding carboxylic acids is 1. The summed E-state index contributed by atoms with van der Waals surface area (Å²) in [6.45, 7) is 0.104. The number of amides is 1. The quantitative estimate of drug-likeness (QED) is 0.507. The number of carbonyl (C=O) groups is 1. The predicted octanol–water partition coefficient (Wildman–Crippen LogP) is 2.09. The number of rotatable bonds is 10. The molecule has 7 nitrogen and oxygen atoms in total. The lowest BCUT2D eigenvalue weighted by Gasteiger charge is -2.12. The summed E-state index contributed by atoms with van der Waals surface area (Å²) in [5.74, 6) is 1.11. The SMILES string of the molecule is O=C(CC1CCCC1)NCCc1nnc(SCC(O)CO)n1-c1ccc(F)cc1. The fraction of sp³-hybridized carbons (Fsp3) is 0.550. The molecule has 9 heteroatoms. The van der Waals surface area contributed by atoms with Crippen molar-refractivity contribution in [1.82, 2.24) is 20.1 Å². The topological polar surface area (TPSA) is 100 Å². The zero-order valence-electron chi connectivity index (χ0n) is 16.3. The van der Waals surface area contributed by atoms with Gasteiger partial charge in [-0.1, -0.05) is 24.6 Å². The van der Waals surface area contributed by atoms with Crippen molar-refractivity contribution in [3.05, 3.63) is 35.9 Å². The Morgan fingerprint density at radius 1 is 1.28 bits per heavy atom. The number of thioether (sulfide) groups is 1. The van der Waals surface area contributed by atoms with Gasteiger partial charge in [0.1, 0.15) is 11.6 Å². The fourth-order valence-corrected chi connectivity index (χ4v) is 4.38. The van der Waals surface area contributed by atoms with Gasteiger partial charge in [-0.15, -0.1) is 10.2 Å². The first kappa shape index (κ1) is 21.7. The van der Waals surface area contributed by atoms with Crippen LogP contribution in [-0.4, -0.2) is 55.9 Å². The number of nitrogens with zero attached hydrogens (tertiary/aromatic N) is 3. The molecule has 1 saturated carbocycles. The number of aromatic nitrogens is 3. The van der Waals surface area contributed by atoms with Crippen molar-refractivity contribution >= 4 is 17.7 Å². The average molecular weight is 423 g/mol. The highest BCUT2D eigenvalue weighted by molar-refractivity contribution is 7.99. The predicted molar refractivity (Wildman–Crippen MR) is 108 cm³/mol. The molecule has 2 aromatic rings. The van der Waals surface area contributed by atoms with Gasteiger partial charge in [-0.25, -0.2) is 4.39 Å². The van der Waals surface area contributed by atoms with E-state index in [1.165, 1.54) is 36.7 Å². The molecule has 0 bridgehead atoms. The van der Waals surface area contributed by atoms with E-state index in [-0.39, 0.29) is 24.1 Å². The van der Waals surface area contributed by atoms with Crippen LogP contribution in [0, 0.1) is 11.7 Å². The van der Waals surface area contributed by atoms with Crippen molar-refractivity contribution in [3.8, 4) is 5.69 Å². The van der Waals surface area contributed by atoms with E-state index < -0.39 is 6.10 Å². The second-order valence-corrected chi connectivity index (χ2v) is 8.30. The van der Waals surface area contributed by atoms with Gasteiger partial charge in [-0.2, -0.15) is 0 Å². The molecule has 1 aliphatic carbocycles. The van der Waals surface area contributed by atoms with Gasteiger partial charge in [0.2, 0.25) is 5.91 Å². The summed E-state index contributed by atoms with van der Waals surface area (Å²) in [6, 6.07) is 5.99. The van der Waals surface area contributed by atoms with Gasteiger partial charge in [0.25, 0.3) is 0 Å². The molecule has 1 fully saturated rings. The van der Waals surface area contributed by atoms with Crippen LogP contribution in [0.25, 0.3) is 5.69 Å². The summed E-state index contributed by atoms with van der Waals surface area (Å²) in [6.07, 6.45) is 4.87. The number of hydrogen-bond acceptors (Lipinski definition) is 6. The van der Waals surface area contributed by atoms with E-state index >= 15 is 0 Å². The first-order chi connectivity index (χ1) is 14.1. The van der Waals surface area contributed by atoms with Gasteiger partial charge < -0.3 is 15.5 Å². The van der Waals surface area contributed by atoms with Gasteiger partial charge in [0, 0.05) is 30.8 Å². The maximum absolute atomic E-state index is 13.3. The van der Waals surface area contributed by atoms with Crippen LogP contribution in [0.3, 0.4) is 0 Å². The third-order valence-electron chi connectivity index (χ3n) is 5.02. The van der Waals surface area contributed by atoms with Crippen LogP contribution in [-0.2, 0) is 11.2 Å². The maximum Gasteiger partial charge on any atom is 0.220 e. The highest BCUT2D eigenvalue weighted by atomic mass is 32.2. The van der Waals surface area contributed by atoms with E-state index in [2.05, 4.69) is 15.5 Å². The van der Waals surface area contributed by atoms with Crippen molar-refractivity contribution in [2.45, 2.75) is 49.8 Å². The molecule has 1 unspecified atom stereocenters. The Labute approximate surface area is 173 Å². The number of halogens is 1. The Balaban J connectivity index is 1.65. The molecule has 3 N–H and O–H groups in total. The third-order valence-corrected chi connectivity index (χ3v) is 6.09. The van der Waals surface area contributed by atoms with Gasteiger partial charge in [0.15, 0.2) is 5.16 Å². The van der Waals surface area contributed by atoms with Crippen LogP contribution >= 0.6 is 11.8 Å². The summed E-state index contributed by atoms with van der Waals surface area (Å²) in [7, 11) is 0. The monoisotopic (exact) mass is 422 g/mol. The van der Waals surface area contributed by atoms with Crippen LogP contribution < -0.4 is 5.32 Å². The molecule has 1 aliphatic rings. The highest BCUT2D eigenvalue weighted by Crippen LogP contribution is 2.27. The van der Waals surface area contributed by atoms with E-state index in [9.17, 15) is 14.3 Å². The molecule has 0 radical (unpaired) electrons. The number of benzene rings is 1. The van der Waals surface area contributed by atoms with E-state index in [1.807, 2.05) is 0 Å². The lowest BCUT2D eigenvalue weighted by Crippen LogP contribution is -2.27. The van der Waals surface area contributed by atoms with E-state index in [0.29, 0.717) is 42.0 Å². The summed E-state index contributed by atoms with van der Waals surface area (Å²) >= 11 is 1.26. The molecule has 29 heavy (non-hydrogen) atoms. The minimum atomic E-state index is -0.864. The lowest BCUT2D eigenvalue weighted by atomic mass is 10.0. The molecule has 1 aromatic heterocycles. The minimum absolute atomic E-state index is 0.0606. The molecule has 0 saturated heterocycles. The van der Waals surface area contributed by atoms with Crippen molar-refractivity contribution in [2.75, 3.05) is 18.9 Å². The Morgan fingerprint density at radius 2 is 2.00 bits per heavy atom. The van der Waals surface area contributed by atoms with Crippen molar-refractivity contribution in [3.63, 3.8) is 0 Å². The molecule has 0 spiro atoms. The van der Waals surface area contributed by atoms with Crippen LogP contribution in [0.15, 0.2) is 29.4 Å². The van der Waals surface area contributed by atoms with Gasteiger partial charge >= 0.3 is 0 Å². The molecule has 1 heterocycles. The summed E-state index contributed by atoms with van der Waals surface area (Å²) in [5, 5.41) is 30.5. The second-order valence-electron chi connectivity index (χ2n) is 7.31. The van der Waals surface area contributed by atoms with Crippen LogP contribution in [0.1, 0.15) is 37.9 Å². The molecular formula is C20H27FN4O3S. The Hall–Kier alpha value is -1.97. The van der Waals surface area contributed by atoms with Crippen LogP contribution in [0.4, 0.5) is 4.39 Å². The average Bonchev–Trinajstić information content (AvgIpc) is 3.36. The van der Waals surface area contributed by atoms with Crippen molar-refractivity contribution in [1.29, 1.82) is 0 Å². The molecule has 1 atom stereocenters. The maximum atomic E-state index is 13.3. The van der Waals surface area contributed by atoms with Gasteiger partial charge in [-0.05, 0) is 43.0 Å². The summed E-state index contributed by atoms with van der Waals surface area (Å²) in [4.78, 5) is 12.1. The van der Waals surface area contributed by atoms with Gasteiger partial charge in [0.05, 0.1) is 12.7 Å². The smallest absolute Gasteiger partial charge is 0.220 e. The number of hydrogen-bond donors (Lipinski definition) is 3. The Kier molecular flexibility index (Phi) is 8.02. The van der Waals surface area contributed by atoms with Crippen LogP contribution in [0.2, 0.25) is 0 Å². The Morgan fingerprint density at radius 3 is 2.69 bits per heavy atom. The number of aliphatic hydroxyl groups excluding tert-OH is 2. The molecule has 1 amide bonds. The first-order valence-electron chi connectivity index (χ1n) is 9.95. The van der Waals surface area contributed by atoms with Crippen LogP contribution in [0.5, 0.6) is 0 Å². The zero-order valence-corrected chi connectivity index (χ0v) is 17.1. The largest absolute Gasteiger partial charge is 0.394 e.